The molecular weight excluding hydrogens is 260 g/mol. The molecule has 0 amide bonds. The first kappa shape index (κ1) is 13.4. The molecular formula is C16H13ClO2. The number of Topliss-reactive ketones (excluding diaryl/α,β-unsaturated/α-hetero) is 1. The number of halogens is 1. The van der Waals surface area contributed by atoms with E-state index < -0.39 is 0 Å². The number of ether oxygens (including phenoxy) is 1. The SMILES string of the molecule is CC(=O)/C(=C\c1ccccc1)Oc1ccc(Cl)cc1. The van der Waals surface area contributed by atoms with E-state index in [1.807, 2.05) is 30.3 Å². The van der Waals surface area contributed by atoms with Crippen LogP contribution in [0.15, 0.2) is 60.4 Å². The molecule has 0 atom stereocenters. The zero-order valence-corrected chi connectivity index (χ0v) is 11.2. The minimum Gasteiger partial charge on any atom is -0.454 e. The van der Waals surface area contributed by atoms with Gasteiger partial charge in [0, 0.05) is 11.9 Å². The molecule has 2 rings (SSSR count). The highest BCUT2D eigenvalue weighted by Gasteiger charge is 2.07. The Kier molecular flexibility index (Phi) is 4.37. The molecule has 0 aliphatic rings. The molecule has 3 heteroatoms. The van der Waals surface area contributed by atoms with Crippen LogP contribution in [-0.2, 0) is 4.79 Å². The Hall–Kier alpha value is -2.06. The summed E-state index contributed by atoms with van der Waals surface area (Å²) in [6, 6.07) is 16.5. The number of carbonyl (C=O) groups is 1. The zero-order valence-electron chi connectivity index (χ0n) is 10.5. The predicted octanol–water partition coefficient (Wildman–Crippen LogP) is 4.35. The molecule has 0 bridgehead atoms. The lowest BCUT2D eigenvalue weighted by Gasteiger charge is -2.07. The third kappa shape index (κ3) is 3.97. The van der Waals surface area contributed by atoms with Crippen molar-refractivity contribution in [2.75, 3.05) is 0 Å². The van der Waals surface area contributed by atoms with E-state index in [1.165, 1.54) is 6.92 Å². The van der Waals surface area contributed by atoms with Gasteiger partial charge in [-0.3, -0.25) is 4.79 Å². The molecule has 0 unspecified atom stereocenters. The Morgan fingerprint density at radius 3 is 2.26 bits per heavy atom. The van der Waals surface area contributed by atoms with E-state index in [0.29, 0.717) is 16.5 Å². The average molecular weight is 273 g/mol. The topological polar surface area (TPSA) is 26.3 Å². The van der Waals surface area contributed by atoms with Crippen molar-refractivity contribution in [1.82, 2.24) is 0 Å². The molecule has 0 saturated carbocycles. The van der Waals surface area contributed by atoms with Crippen LogP contribution in [0.4, 0.5) is 0 Å². The van der Waals surface area contributed by atoms with Gasteiger partial charge in [-0.1, -0.05) is 41.9 Å². The fourth-order valence-electron chi connectivity index (χ4n) is 1.53. The van der Waals surface area contributed by atoms with Gasteiger partial charge < -0.3 is 4.74 Å². The summed E-state index contributed by atoms with van der Waals surface area (Å²) in [6.07, 6.45) is 1.72. The Balaban J connectivity index is 2.24. The van der Waals surface area contributed by atoms with E-state index in [2.05, 4.69) is 0 Å². The van der Waals surface area contributed by atoms with Gasteiger partial charge in [0.05, 0.1) is 0 Å². The summed E-state index contributed by atoms with van der Waals surface area (Å²) in [4.78, 5) is 11.6. The number of hydrogen-bond donors (Lipinski definition) is 0. The van der Waals surface area contributed by atoms with Crippen molar-refractivity contribution >= 4 is 23.5 Å². The Morgan fingerprint density at radius 1 is 1.05 bits per heavy atom. The molecule has 2 nitrogen and oxygen atoms in total. The monoisotopic (exact) mass is 272 g/mol. The molecule has 0 aliphatic heterocycles. The molecule has 0 heterocycles. The summed E-state index contributed by atoms with van der Waals surface area (Å²) in [5.41, 5.74) is 0.918. The third-order valence-corrected chi connectivity index (χ3v) is 2.74. The van der Waals surface area contributed by atoms with Crippen LogP contribution in [0.2, 0.25) is 5.02 Å². The first-order chi connectivity index (χ1) is 9.15. The Bertz CT molecular complexity index is 586. The van der Waals surface area contributed by atoms with E-state index >= 15 is 0 Å². The first-order valence-electron chi connectivity index (χ1n) is 5.86. The van der Waals surface area contributed by atoms with E-state index in [-0.39, 0.29) is 5.78 Å². The van der Waals surface area contributed by atoms with Crippen molar-refractivity contribution in [3.8, 4) is 5.75 Å². The summed E-state index contributed by atoms with van der Waals surface area (Å²) in [6.45, 7) is 1.48. The molecule has 2 aromatic carbocycles. The fourth-order valence-corrected chi connectivity index (χ4v) is 1.66. The number of rotatable bonds is 4. The minimum atomic E-state index is -0.126. The van der Waals surface area contributed by atoms with Gasteiger partial charge in [0.15, 0.2) is 11.5 Å². The highest BCUT2D eigenvalue weighted by Crippen LogP contribution is 2.19. The summed E-state index contributed by atoms with van der Waals surface area (Å²) < 4.78 is 5.59. The largest absolute Gasteiger partial charge is 0.454 e. The third-order valence-electron chi connectivity index (χ3n) is 2.49. The predicted molar refractivity (Wildman–Crippen MR) is 77.2 cm³/mol. The molecule has 0 aromatic heterocycles. The van der Waals surface area contributed by atoms with Gasteiger partial charge in [0.1, 0.15) is 5.75 Å². The molecule has 19 heavy (non-hydrogen) atoms. The van der Waals surface area contributed by atoms with Crippen molar-refractivity contribution in [2.24, 2.45) is 0 Å². The van der Waals surface area contributed by atoms with Gasteiger partial charge in [-0.2, -0.15) is 0 Å². The number of hydrogen-bond acceptors (Lipinski definition) is 2. The molecule has 0 aliphatic carbocycles. The summed E-state index contributed by atoms with van der Waals surface area (Å²) in [7, 11) is 0. The van der Waals surface area contributed by atoms with E-state index in [4.69, 9.17) is 16.3 Å². The van der Waals surface area contributed by atoms with Crippen molar-refractivity contribution in [1.29, 1.82) is 0 Å². The van der Waals surface area contributed by atoms with Crippen molar-refractivity contribution < 1.29 is 9.53 Å². The van der Waals surface area contributed by atoms with Crippen molar-refractivity contribution in [3.05, 3.63) is 70.9 Å². The summed E-state index contributed by atoms with van der Waals surface area (Å²) in [5.74, 6) is 0.758. The van der Waals surface area contributed by atoms with E-state index in [9.17, 15) is 4.79 Å². The normalized spacial score (nSPS) is 11.2. The second-order valence-corrected chi connectivity index (χ2v) is 4.47. The molecule has 2 aromatic rings. The van der Waals surface area contributed by atoms with Gasteiger partial charge >= 0.3 is 0 Å². The number of ketones is 1. The molecule has 0 spiro atoms. The van der Waals surface area contributed by atoms with Crippen molar-refractivity contribution in [2.45, 2.75) is 6.92 Å². The van der Waals surface area contributed by atoms with Crippen LogP contribution in [0.3, 0.4) is 0 Å². The minimum absolute atomic E-state index is 0.126. The van der Waals surface area contributed by atoms with Crippen LogP contribution in [0.25, 0.3) is 6.08 Å². The first-order valence-corrected chi connectivity index (χ1v) is 6.24. The van der Waals surface area contributed by atoms with Crippen molar-refractivity contribution in [3.63, 3.8) is 0 Å². The molecule has 0 fully saturated rings. The van der Waals surface area contributed by atoms with Crippen LogP contribution < -0.4 is 4.74 Å². The molecule has 0 saturated heterocycles. The lowest BCUT2D eigenvalue weighted by Crippen LogP contribution is -2.04. The van der Waals surface area contributed by atoms with Crippen LogP contribution >= 0.6 is 11.6 Å². The maximum Gasteiger partial charge on any atom is 0.194 e. The Morgan fingerprint density at radius 2 is 1.68 bits per heavy atom. The van der Waals surface area contributed by atoms with Crippen LogP contribution in [0.1, 0.15) is 12.5 Å². The standard InChI is InChI=1S/C16H13ClO2/c1-12(18)16(11-13-5-3-2-4-6-13)19-15-9-7-14(17)8-10-15/h2-11H,1H3/b16-11+. The van der Waals surface area contributed by atoms with Gasteiger partial charge in [-0.15, -0.1) is 0 Å². The Labute approximate surface area is 117 Å². The number of benzene rings is 2. The van der Waals surface area contributed by atoms with Crippen LogP contribution in [-0.4, -0.2) is 5.78 Å². The highest BCUT2D eigenvalue weighted by molar-refractivity contribution is 6.30. The quantitative estimate of drug-likeness (QED) is 0.611. The second-order valence-electron chi connectivity index (χ2n) is 4.03. The molecule has 0 radical (unpaired) electrons. The van der Waals surface area contributed by atoms with Gasteiger partial charge in [0.25, 0.3) is 0 Å². The van der Waals surface area contributed by atoms with E-state index in [1.54, 1.807) is 30.3 Å². The highest BCUT2D eigenvalue weighted by atomic mass is 35.5. The lowest BCUT2D eigenvalue weighted by atomic mass is 10.2. The van der Waals surface area contributed by atoms with Gasteiger partial charge in [0.2, 0.25) is 0 Å². The summed E-state index contributed by atoms with van der Waals surface area (Å²) in [5, 5.41) is 0.628. The number of allylic oxidation sites excluding steroid dienone is 1. The summed E-state index contributed by atoms with van der Waals surface area (Å²) >= 11 is 5.80. The smallest absolute Gasteiger partial charge is 0.194 e. The average Bonchev–Trinajstić information content (AvgIpc) is 2.41. The number of carbonyl (C=O) groups excluding carboxylic acids is 1. The fraction of sp³-hybridized carbons (Fsp3) is 0.0625. The van der Waals surface area contributed by atoms with Crippen LogP contribution in [0.5, 0.6) is 5.75 Å². The van der Waals surface area contributed by atoms with Gasteiger partial charge in [-0.25, -0.2) is 0 Å². The molecule has 0 N–H and O–H groups in total. The van der Waals surface area contributed by atoms with E-state index in [0.717, 1.165) is 5.56 Å². The lowest BCUT2D eigenvalue weighted by molar-refractivity contribution is -0.115. The second kappa shape index (κ2) is 6.21. The maximum atomic E-state index is 11.6. The molecule has 96 valence electrons. The van der Waals surface area contributed by atoms with Crippen LogP contribution in [0, 0.1) is 0 Å². The maximum absolute atomic E-state index is 11.6. The zero-order chi connectivity index (χ0) is 13.7. The van der Waals surface area contributed by atoms with Gasteiger partial charge in [-0.05, 0) is 35.9 Å².